The maximum atomic E-state index is 13.0. The zero-order valence-corrected chi connectivity index (χ0v) is 16.4. The molecule has 0 saturated carbocycles. The molecule has 0 fully saturated rings. The van der Waals surface area contributed by atoms with Gasteiger partial charge in [0.15, 0.2) is 0 Å². The van der Waals surface area contributed by atoms with E-state index in [0.29, 0.717) is 23.6 Å². The molecule has 140 valence electrons. The normalized spacial score (nSPS) is 14.2. The van der Waals surface area contributed by atoms with Crippen molar-refractivity contribution >= 4 is 29.1 Å². The summed E-state index contributed by atoms with van der Waals surface area (Å²) in [5.74, 6) is 0.334. The summed E-state index contributed by atoms with van der Waals surface area (Å²) >= 11 is 1.35. The lowest BCUT2D eigenvalue weighted by molar-refractivity contribution is -0.136. The lowest BCUT2D eigenvalue weighted by atomic mass is 10.1. The minimum Gasteiger partial charge on any atom is -0.494 e. The molecule has 0 spiro atoms. The summed E-state index contributed by atoms with van der Waals surface area (Å²) < 4.78 is 5.48. The van der Waals surface area contributed by atoms with Gasteiger partial charge in [-0.2, -0.15) is 0 Å². The molecule has 1 aliphatic heterocycles. The molecule has 4 nitrogen and oxygen atoms in total. The van der Waals surface area contributed by atoms with E-state index in [2.05, 4.69) is 0 Å². The first-order valence-corrected chi connectivity index (χ1v) is 10.0. The van der Waals surface area contributed by atoms with Gasteiger partial charge in [0.2, 0.25) is 0 Å². The average Bonchev–Trinajstić information content (AvgIpc) is 2.92. The fourth-order valence-electron chi connectivity index (χ4n) is 2.91. The SMILES string of the molecule is CCCCN1C(=O)C(Sc2ccccc2)=C(c2ccc(OCC)cc2)C1=O. The summed E-state index contributed by atoms with van der Waals surface area (Å²) in [5.41, 5.74) is 1.22. The number of nitrogens with zero attached hydrogens (tertiary/aromatic N) is 1. The van der Waals surface area contributed by atoms with E-state index < -0.39 is 0 Å². The highest BCUT2D eigenvalue weighted by atomic mass is 32.2. The summed E-state index contributed by atoms with van der Waals surface area (Å²) in [6.07, 6.45) is 1.73. The van der Waals surface area contributed by atoms with Gasteiger partial charge in [-0.15, -0.1) is 0 Å². The Morgan fingerprint density at radius 1 is 0.926 bits per heavy atom. The molecular weight excluding hydrogens is 358 g/mol. The van der Waals surface area contributed by atoms with Crippen LogP contribution in [0.15, 0.2) is 64.4 Å². The Balaban J connectivity index is 1.99. The number of hydrogen-bond acceptors (Lipinski definition) is 4. The Morgan fingerprint density at radius 2 is 1.63 bits per heavy atom. The average molecular weight is 381 g/mol. The maximum absolute atomic E-state index is 13.0. The monoisotopic (exact) mass is 381 g/mol. The molecular formula is C22H23NO3S. The lowest BCUT2D eigenvalue weighted by Crippen LogP contribution is -2.32. The summed E-state index contributed by atoms with van der Waals surface area (Å²) in [6.45, 7) is 5.01. The zero-order chi connectivity index (χ0) is 19.2. The van der Waals surface area contributed by atoms with Crippen molar-refractivity contribution in [2.45, 2.75) is 31.6 Å². The van der Waals surface area contributed by atoms with Crippen LogP contribution in [-0.2, 0) is 9.59 Å². The minimum absolute atomic E-state index is 0.203. The summed E-state index contributed by atoms with van der Waals surface area (Å²) in [5, 5.41) is 0. The van der Waals surface area contributed by atoms with Gasteiger partial charge in [0.1, 0.15) is 5.75 Å². The summed E-state index contributed by atoms with van der Waals surface area (Å²) in [7, 11) is 0. The van der Waals surface area contributed by atoms with Gasteiger partial charge in [-0.3, -0.25) is 14.5 Å². The Labute approximate surface area is 164 Å². The first kappa shape index (κ1) is 19.2. The number of carbonyl (C=O) groups is 2. The molecule has 0 N–H and O–H groups in total. The second-order valence-electron chi connectivity index (χ2n) is 6.19. The van der Waals surface area contributed by atoms with Crippen molar-refractivity contribution in [2.75, 3.05) is 13.2 Å². The Kier molecular flexibility index (Phi) is 6.35. The Hall–Kier alpha value is -2.53. The number of thioether (sulfide) groups is 1. The van der Waals surface area contributed by atoms with E-state index >= 15 is 0 Å². The molecule has 0 radical (unpaired) electrons. The van der Waals surface area contributed by atoms with Gasteiger partial charge in [0.05, 0.1) is 17.1 Å². The molecule has 0 aromatic heterocycles. The number of unbranched alkanes of at least 4 members (excludes halogenated alkanes) is 1. The first-order valence-electron chi connectivity index (χ1n) is 9.22. The number of hydrogen-bond donors (Lipinski definition) is 0. The molecule has 3 rings (SSSR count). The van der Waals surface area contributed by atoms with Crippen molar-refractivity contribution in [1.29, 1.82) is 0 Å². The van der Waals surface area contributed by atoms with Gasteiger partial charge in [-0.1, -0.05) is 55.4 Å². The molecule has 5 heteroatoms. The molecule has 1 aliphatic rings. The minimum atomic E-state index is -0.212. The third-order valence-electron chi connectivity index (χ3n) is 4.28. The second kappa shape index (κ2) is 8.91. The lowest BCUT2D eigenvalue weighted by Gasteiger charge is -2.14. The fourth-order valence-corrected chi connectivity index (χ4v) is 3.95. The predicted octanol–water partition coefficient (Wildman–Crippen LogP) is 4.76. The highest BCUT2D eigenvalue weighted by Crippen LogP contribution is 2.40. The molecule has 1 heterocycles. The van der Waals surface area contributed by atoms with Crippen LogP contribution >= 0.6 is 11.8 Å². The molecule has 0 unspecified atom stereocenters. The molecule has 2 aromatic carbocycles. The van der Waals surface area contributed by atoms with E-state index in [1.807, 2.05) is 68.4 Å². The van der Waals surface area contributed by atoms with Crippen molar-refractivity contribution in [2.24, 2.45) is 0 Å². The van der Waals surface area contributed by atoms with Crippen LogP contribution in [0.1, 0.15) is 32.3 Å². The summed E-state index contributed by atoms with van der Waals surface area (Å²) in [6, 6.07) is 17.0. The van der Waals surface area contributed by atoms with E-state index in [4.69, 9.17) is 4.74 Å². The van der Waals surface area contributed by atoms with Gasteiger partial charge >= 0.3 is 0 Å². The molecule has 0 bridgehead atoms. The zero-order valence-electron chi connectivity index (χ0n) is 15.6. The van der Waals surface area contributed by atoms with Gasteiger partial charge in [-0.25, -0.2) is 0 Å². The van der Waals surface area contributed by atoms with Gasteiger partial charge in [0.25, 0.3) is 11.8 Å². The molecule has 2 aromatic rings. The fraction of sp³-hybridized carbons (Fsp3) is 0.273. The molecule has 0 aliphatic carbocycles. The molecule has 0 atom stereocenters. The highest BCUT2D eigenvalue weighted by molar-refractivity contribution is 8.04. The predicted molar refractivity (Wildman–Crippen MR) is 108 cm³/mol. The largest absolute Gasteiger partial charge is 0.494 e. The van der Waals surface area contributed by atoms with Crippen molar-refractivity contribution in [3.63, 3.8) is 0 Å². The highest BCUT2D eigenvalue weighted by Gasteiger charge is 2.38. The van der Waals surface area contributed by atoms with E-state index in [9.17, 15) is 9.59 Å². The third-order valence-corrected chi connectivity index (χ3v) is 5.37. The first-order chi connectivity index (χ1) is 13.2. The standard InChI is InChI=1S/C22H23NO3S/c1-3-5-15-23-21(24)19(16-11-13-17(14-12-16)26-4-2)20(22(23)25)27-18-9-7-6-8-10-18/h6-14H,3-5,15H2,1-2H3. The van der Waals surface area contributed by atoms with E-state index in [1.54, 1.807) is 0 Å². The van der Waals surface area contributed by atoms with Crippen LogP contribution in [0.4, 0.5) is 0 Å². The van der Waals surface area contributed by atoms with E-state index in [-0.39, 0.29) is 11.8 Å². The van der Waals surface area contributed by atoms with Crippen LogP contribution in [0.25, 0.3) is 5.57 Å². The quantitative estimate of drug-likeness (QED) is 0.619. The van der Waals surface area contributed by atoms with Crippen molar-refractivity contribution in [1.82, 2.24) is 4.90 Å². The van der Waals surface area contributed by atoms with Crippen LogP contribution in [0.3, 0.4) is 0 Å². The van der Waals surface area contributed by atoms with E-state index in [1.165, 1.54) is 16.7 Å². The Morgan fingerprint density at radius 3 is 2.26 bits per heavy atom. The number of imide groups is 1. The van der Waals surface area contributed by atoms with Crippen LogP contribution in [0, 0.1) is 0 Å². The Bertz CT molecular complexity index is 844. The number of amides is 2. The van der Waals surface area contributed by atoms with Crippen molar-refractivity contribution in [3.05, 3.63) is 65.1 Å². The van der Waals surface area contributed by atoms with E-state index in [0.717, 1.165) is 29.1 Å². The maximum Gasteiger partial charge on any atom is 0.268 e. The molecule has 2 amide bonds. The molecule has 0 saturated heterocycles. The van der Waals surface area contributed by atoms with Gasteiger partial charge in [-0.05, 0) is 43.2 Å². The van der Waals surface area contributed by atoms with Crippen molar-refractivity contribution in [3.8, 4) is 5.75 Å². The van der Waals surface area contributed by atoms with Crippen LogP contribution in [0.2, 0.25) is 0 Å². The molecule has 27 heavy (non-hydrogen) atoms. The number of benzene rings is 2. The van der Waals surface area contributed by atoms with Crippen molar-refractivity contribution < 1.29 is 14.3 Å². The van der Waals surface area contributed by atoms with Gasteiger partial charge in [0, 0.05) is 11.4 Å². The topological polar surface area (TPSA) is 46.6 Å². The smallest absolute Gasteiger partial charge is 0.268 e. The van der Waals surface area contributed by atoms with Crippen LogP contribution < -0.4 is 4.74 Å². The summed E-state index contributed by atoms with van der Waals surface area (Å²) in [4.78, 5) is 28.8. The van der Waals surface area contributed by atoms with Gasteiger partial charge < -0.3 is 4.74 Å². The second-order valence-corrected chi connectivity index (χ2v) is 7.28. The number of ether oxygens (including phenoxy) is 1. The third kappa shape index (κ3) is 4.25. The number of carbonyl (C=O) groups excluding carboxylic acids is 2. The van der Waals surface area contributed by atoms with Crippen LogP contribution in [-0.4, -0.2) is 29.9 Å². The van der Waals surface area contributed by atoms with Crippen LogP contribution in [0.5, 0.6) is 5.75 Å². The number of rotatable bonds is 8.